The predicted molar refractivity (Wildman–Crippen MR) is 68.1 cm³/mol. The summed E-state index contributed by atoms with van der Waals surface area (Å²) in [4.78, 5) is 4.39. The smallest absolute Gasteiger partial charge is 0.229 e. The first kappa shape index (κ1) is 13.5. The van der Waals surface area contributed by atoms with Crippen molar-refractivity contribution < 1.29 is 9.26 Å². The molecule has 0 spiro atoms. The normalized spacial score (nSPS) is 21.3. The Labute approximate surface area is 108 Å². The number of ether oxygens (including phenoxy) is 1. The lowest BCUT2D eigenvalue weighted by atomic mass is 9.95. The Morgan fingerprint density at radius 3 is 2.83 bits per heavy atom. The van der Waals surface area contributed by atoms with Crippen molar-refractivity contribution in [2.75, 3.05) is 6.61 Å². The van der Waals surface area contributed by atoms with Crippen molar-refractivity contribution >= 4 is 0 Å². The molecule has 1 aliphatic carbocycles. The third-order valence-electron chi connectivity index (χ3n) is 3.66. The highest BCUT2D eigenvalue weighted by Crippen LogP contribution is 2.25. The van der Waals surface area contributed by atoms with Crippen molar-refractivity contribution in [1.82, 2.24) is 10.1 Å². The summed E-state index contributed by atoms with van der Waals surface area (Å²) in [7, 11) is 0. The molecule has 0 amide bonds. The maximum absolute atomic E-state index is 6.21. The van der Waals surface area contributed by atoms with Crippen LogP contribution in [0.15, 0.2) is 4.52 Å². The minimum absolute atomic E-state index is 0.273. The van der Waals surface area contributed by atoms with Crippen molar-refractivity contribution in [2.24, 2.45) is 5.73 Å². The van der Waals surface area contributed by atoms with Crippen molar-refractivity contribution in [3.8, 4) is 0 Å². The summed E-state index contributed by atoms with van der Waals surface area (Å²) in [6, 6.07) is 0. The van der Waals surface area contributed by atoms with E-state index < -0.39 is 5.54 Å². The summed E-state index contributed by atoms with van der Waals surface area (Å²) in [5, 5.41) is 3.99. The van der Waals surface area contributed by atoms with E-state index in [-0.39, 0.29) is 5.92 Å². The Morgan fingerprint density at radius 2 is 2.28 bits per heavy atom. The first-order valence-corrected chi connectivity index (χ1v) is 6.77. The van der Waals surface area contributed by atoms with E-state index in [2.05, 4.69) is 24.0 Å². The molecule has 1 heterocycles. The van der Waals surface area contributed by atoms with Crippen molar-refractivity contribution in [1.29, 1.82) is 0 Å². The highest BCUT2D eigenvalue weighted by molar-refractivity contribution is 5.03. The molecule has 1 saturated carbocycles. The van der Waals surface area contributed by atoms with Gasteiger partial charge in [0.15, 0.2) is 5.82 Å². The molecule has 0 saturated heterocycles. The summed E-state index contributed by atoms with van der Waals surface area (Å²) in [5.41, 5.74) is 5.53. The molecule has 0 aliphatic heterocycles. The zero-order chi connectivity index (χ0) is 13.2. The van der Waals surface area contributed by atoms with Gasteiger partial charge in [0.1, 0.15) is 5.54 Å². The first-order valence-electron chi connectivity index (χ1n) is 6.77. The molecular weight excluding hydrogens is 230 g/mol. The highest BCUT2D eigenvalue weighted by atomic mass is 16.5. The highest BCUT2D eigenvalue weighted by Gasteiger charge is 2.31. The van der Waals surface area contributed by atoms with Gasteiger partial charge in [-0.25, -0.2) is 0 Å². The largest absolute Gasteiger partial charge is 0.376 e. The van der Waals surface area contributed by atoms with Gasteiger partial charge in [-0.05, 0) is 32.6 Å². The van der Waals surface area contributed by atoms with Crippen LogP contribution in [0, 0.1) is 0 Å². The quantitative estimate of drug-likeness (QED) is 0.842. The number of hydrogen-bond acceptors (Lipinski definition) is 5. The fourth-order valence-electron chi connectivity index (χ4n) is 1.73. The van der Waals surface area contributed by atoms with Crippen molar-refractivity contribution in [3.05, 3.63) is 11.7 Å². The van der Waals surface area contributed by atoms with E-state index in [4.69, 9.17) is 15.0 Å². The second-order valence-corrected chi connectivity index (χ2v) is 5.55. The summed E-state index contributed by atoms with van der Waals surface area (Å²) in [6.45, 7) is 6.49. The number of rotatable bonds is 6. The second kappa shape index (κ2) is 5.36. The summed E-state index contributed by atoms with van der Waals surface area (Å²) >= 11 is 0. The average Bonchev–Trinajstić information content (AvgIpc) is 2.75. The molecular formula is C13H23N3O2. The Balaban J connectivity index is 1.96. The van der Waals surface area contributed by atoms with Gasteiger partial charge >= 0.3 is 0 Å². The molecule has 18 heavy (non-hydrogen) atoms. The molecule has 0 bridgehead atoms. The third kappa shape index (κ3) is 2.90. The van der Waals surface area contributed by atoms with Crippen LogP contribution in [0.3, 0.4) is 0 Å². The van der Waals surface area contributed by atoms with E-state index in [1.54, 1.807) is 0 Å². The summed E-state index contributed by atoms with van der Waals surface area (Å²) < 4.78 is 11.0. The van der Waals surface area contributed by atoms with Crippen LogP contribution in [0.25, 0.3) is 0 Å². The minimum Gasteiger partial charge on any atom is -0.376 e. The molecule has 1 aromatic heterocycles. The number of nitrogens with zero attached hydrogens (tertiary/aromatic N) is 2. The van der Waals surface area contributed by atoms with Crippen LogP contribution < -0.4 is 5.73 Å². The van der Waals surface area contributed by atoms with E-state index in [0.29, 0.717) is 24.4 Å². The lowest BCUT2D eigenvalue weighted by molar-refractivity contribution is -0.0222. The molecule has 1 aliphatic rings. The minimum atomic E-state index is -0.676. The number of hydrogen-bond donors (Lipinski definition) is 1. The number of nitrogens with two attached hydrogens (primary N) is 1. The fourth-order valence-corrected chi connectivity index (χ4v) is 1.73. The van der Waals surface area contributed by atoms with Gasteiger partial charge in [0, 0.05) is 5.92 Å². The monoisotopic (exact) mass is 253 g/mol. The van der Waals surface area contributed by atoms with Gasteiger partial charge in [0.25, 0.3) is 0 Å². The maximum Gasteiger partial charge on any atom is 0.229 e. The van der Waals surface area contributed by atoms with Gasteiger partial charge < -0.3 is 15.0 Å². The van der Waals surface area contributed by atoms with Gasteiger partial charge in [-0.2, -0.15) is 4.98 Å². The molecule has 0 radical (unpaired) electrons. The van der Waals surface area contributed by atoms with Crippen LogP contribution in [0.5, 0.6) is 0 Å². The fraction of sp³-hybridized carbons (Fsp3) is 0.846. The van der Waals surface area contributed by atoms with Crippen LogP contribution in [0.2, 0.25) is 0 Å². The Morgan fingerprint density at radius 1 is 1.56 bits per heavy atom. The standard InChI is InChI=1S/C13H23N3O2/c1-4-9(2)11-15-12(16-18-11)13(3,14)8-17-10-6-5-7-10/h9-10H,4-8,14H2,1-3H3. The van der Waals surface area contributed by atoms with Gasteiger partial charge in [-0.15, -0.1) is 0 Å². The maximum atomic E-state index is 6.21. The number of aromatic nitrogens is 2. The molecule has 1 aromatic rings. The van der Waals surface area contributed by atoms with E-state index in [1.807, 2.05) is 6.92 Å². The third-order valence-corrected chi connectivity index (χ3v) is 3.66. The van der Waals surface area contributed by atoms with E-state index >= 15 is 0 Å². The van der Waals surface area contributed by atoms with Crippen LogP contribution in [-0.4, -0.2) is 22.9 Å². The topological polar surface area (TPSA) is 74.2 Å². The Bertz CT molecular complexity index is 385. The lowest BCUT2D eigenvalue weighted by Gasteiger charge is -2.29. The molecule has 102 valence electrons. The molecule has 2 rings (SSSR count). The average molecular weight is 253 g/mol. The first-order chi connectivity index (χ1) is 8.53. The van der Waals surface area contributed by atoms with Gasteiger partial charge in [-0.3, -0.25) is 0 Å². The Kier molecular flexibility index (Phi) is 4.02. The van der Waals surface area contributed by atoms with Crippen LogP contribution in [0.1, 0.15) is 64.1 Å². The molecule has 2 N–H and O–H groups in total. The summed E-state index contributed by atoms with van der Waals surface area (Å²) in [6.07, 6.45) is 4.88. The van der Waals surface area contributed by atoms with Gasteiger partial charge in [0.05, 0.1) is 12.7 Å². The second-order valence-electron chi connectivity index (χ2n) is 5.55. The van der Waals surface area contributed by atoms with E-state index in [1.165, 1.54) is 6.42 Å². The molecule has 5 nitrogen and oxygen atoms in total. The van der Waals surface area contributed by atoms with E-state index in [9.17, 15) is 0 Å². The molecule has 1 fully saturated rings. The van der Waals surface area contributed by atoms with Crippen molar-refractivity contribution in [2.45, 2.75) is 64.0 Å². The molecule has 2 atom stereocenters. The van der Waals surface area contributed by atoms with Gasteiger partial charge in [0.2, 0.25) is 5.89 Å². The van der Waals surface area contributed by atoms with E-state index in [0.717, 1.165) is 19.3 Å². The summed E-state index contributed by atoms with van der Waals surface area (Å²) in [5.74, 6) is 1.47. The lowest BCUT2D eigenvalue weighted by Crippen LogP contribution is -2.41. The zero-order valence-electron chi connectivity index (χ0n) is 11.5. The zero-order valence-corrected chi connectivity index (χ0v) is 11.5. The van der Waals surface area contributed by atoms with Crippen LogP contribution >= 0.6 is 0 Å². The van der Waals surface area contributed by atoms with Crippen LogP contribution in [-0.2, 0) is 10.3 Å². The van der Waals surface area contributed by atoms with Crippen LogP contribution in [0.4, 0.5) is 0 Å². The molecule has 2 unspecified atom stereocenters. The SMILES string of the molecule is CCC(C)c1nc(C(C)(N)COC2CCC2)no1. The Hall–Kier alpha value is -0.940. The molecule has 5 heteroatoms. The van der Waals surface area contributed by atoms with Gasteiger partial charge in [-0.1, -0.05) is 19.0 Å². The van der Waals surface area contributed by atoms with Crippen molar-refractivity contribution in [3.63, 3.8) is 0 Å². The molecule has 0 aromatic carbocycles. The predicted octanol–water partition coefficient (Wildman–Crippen LogP) is 2.33.